The van der Waals surface area contributed by atoms with Crippen LogP contribution in [0.4, 0.5) is 0 Å². The smallest absolute Gasteiger partial charge is 0.0529 e. The van der Waals surface area contributed by atoms with E-state index in [2.05, 4.69) is 0 Å². The van der Waals surface area contributed by atoms with Gasteiger partial charge in [-0.15, -0.1) is 0 Å². The van der Waals surface area contributed by atoms with Crippen LogP contribution < -0.4 is 5.73 Å². The number of rotatable bonds is 4. The Hall–Kier alpha value is -0.670. The molecule has 1 aromatic carbocycles. The SMILES string of the molecule is Cc1ccc(S(=O)CCC2CCCC2N)cc1. The Labute approximate surface area is 106 Å². The monoisotopic (exact) mass is 251 g/mol. The van der Waals surface area contributed by atoms with E-state index in [4.69, 9.17) is 5.73 Å². The maximum absolute atomic E-state index is 12.1. The van der Waals surface area contributed by atoms with Gasteiger partial charge in [-0.1, -0.05) is 24.1 Å². The lowest BCUT2D eigenvalue weighted by Gasteiger charge is -2.14. The lowest BCUT2D eigenvalue weighted by molar-refractivity contribution is 0.468. The number of hydrogen-bond donors (Lipinski definition) is 1. The molecule has 1 saturated carbocycles. The fourth-order valence-electron chi connectivity index (χ4n) is 2.49. The lowest BCUT2D eigenvalue weighted by Crippen LogP contribution is -2.25. The first-order valence-corrected chi connectivity index (χ1v) is 7.69. The summed E-state index contributed by atoms with van der Waals surface area (Å²) in [4.78, 5) is 0.946. The fourth-order valence-corrected chi connectivity index (χ4v) is 3.68. The zero-order valence-corrected chi connectivity index (χ0v) is 11.2. The average molecular weight is 251 g/mol. The van der Waals surface area contributed by atoms with Crippen LogP contribution in [0.1, 0.15) is 31.2 Å². The quantitative estimate of drug-likeness (QED) is 0.894. The summed E-state index contributed by atoms with van der Waals surface area (Å²) in [7, 11) is -0.858. The summed E-state index contributed by atoms with van der Waals surface area (Å²) in [6.07, 6.45) is 4.60. The Morgan fingerprint density at radius 1 is 1.29 bits per heavy atom. The van der Waals surface area contributed by atoms with Gasteiger partial charge in [0.25, 0.3) is 0 Å². The number of nitrogens with two attached hydrogens (primary N) is 1. The highest BCUT2D eigenvalue weighted by molar-refractivity contribution is 7.85. The van der Waals surface area contributed by atoms with Crippen LogP contribution in [-0.4, -0.2) is 16.0 Å². The van der Waals surface area contributed by atoms with Gasteiger partial charge in [0, 0.05) is 16.7 Å². The third-order valence-corrected chi connectivity index (χ3v) is 5.08. The fraction of sp³-hybridized carbons (Fsp3) is 0.571. The van der Waals surface area contributed by atoms with Crippen LogP contribution in [0.5, 0.6) is 0 Å². The summed E-state index contributed by atoms with van der Waals surface area (Å²) >= 11 is 0. The summed E-state index contributed by atoms with van der Waals surface area (Å²) in [6.45, 7) is 2.05. The van der Waals surface area contributed by atoms with Gasteiger partial charge < -0.3 is 5.73 Å². The van der Waals surface area contributed by atoms with Crippen molar-refractivity contribution < 1.29 is 4.21 Å². The molecule has 3 unspecified atom stereocenters. The van der Waals surface area contributed by atoms with Crippen molar-refractivity contribution >= 4 is 10.8 Å². The Morgan fingerprint density at radius 2 is 2.00 bits per heavy atom. The highest BCUT2D eigenvalue weighted by atomic mass is 32.2. The molecule has 0 aromatic heterocycles. The van der Waals surface area contributed by atoms with Crippen LogP contribution in [0.15, 0.2) is 29.2 Å². The van der Waals surface area contributed by atoms with E-state index in [-0.39, 0.29) is 0 Å². The van der Waals surface area contributed by atoms with E-state index in [0.29, 0.717) is 12.0 Å². The summed E-state index contributed by atoms with van der Waals surface area (Å²) in [5.74, 6) is 1.34. The second-order valence-electron chi connectivity index (χ2n) is 5.01. The second-order valence-corrected chi connectivity index (χ2v) is 6.58. The Balaban J connectivity index is 1.87. The highest BCUT2D eigenvalue weighted by Gasteiger charge is 2.24. The third kappa shape index (κ3) is 3.39. The summed E-state index contributed by atoms with van der Waals surface area (Å²) in [6, 6.07) is 8.33. The van der Waals surface area contributed by atoms with Crippen molar-refractivity contribution in [3.8, 4) is 0 Å². The van der Waals surface area contributed by atoms with Gasteiger partial charge in [0.1, 0.15) is 0 Å². The zero-order valence-electron chi connectivity index (χ0n) is 10.4. The van der Waals surface area contributed by atoms with Crippen molar-refractivity contribution in [1.82, 2.24) is 0 Å². The van der Waals surface area contributed by atoms with E-state index < -0.39 is 10.8 Å². The van der Waals surface area contributed by atoms with E-state index in [9.17, 15) is 4.21 Å². The van der Waals surface area contributed by atoms with Gasteiger partial charge in [-0.25, -0.2) is 0 Å². The first-order valence-electron chi connectivity index (χ1n) is 6.37. The number of hydrogen-bond acceptors (Lipinski definition) is 2. The average Bonchev–Trinajstić information content (AvgIpc) is 2.73. The molecule has 94 valence electrons. The van der Waals surface area contributed by atoms with Crippen LogP contribution in [0.3, 0.4) is 0 Å². The molecule has 17 heavy (non-hydrogen) atoms. The maximum atomic E-state index is 12.1. The molecule has 3 heteroatoms. The molecule has 0 spiro atoms. The molecule has 3 atom stereocenters. The lowest BCUT2D eigenvalue weighted by atomic mass is 10.0. The molecule has 2 nitrogen and oxygen atoms in total. The predicted molar refractivity (Wildman–Crippen MR) is 72.4 cm³/mol. The molecule has 1 aromatic rings. The molecular weight excluding hydrogens is 230 g/mol. The van der Waals surface area contributed by atoms with E-state index in [1.807, 2.05) is 31.2 Å². The zero-order chi connectivity index (χ0) is 12.3. The predicted octanol–water partition coefficient (Wildman–Crippen LogP) is 2.62. The summed E-state index contributed by atoms with van der Waals surface area (Å²) in [5, 5.41) is 0. The number of benzene rings is 1. The van der Waals surface area contributed by atoms with Crippen molar-refractivity contribution in [2.24, 2.45) is 11.7 Å². The second kappa shape index (κ2) is 5.78. The minimum atomic E-state index is -0.858. The summed E-state index contributed by atoms with van der Waals surface area (Å²) < 4.78 is 12.1. The van der Waals surface area contributed by atoms with Gasteiger partial charge in [-0.2, -0.15) is 0 Å². The molecule has 1 aliphatic carbocycles. The maximum Gasteiger partial charge on any atom is 0.0529 e. The van der Waals surface area contributed by atoms with Gasteiger partial charge in [-0.3, -0.25) is 4.21 Å². The largest absolute Gasteiger partial charge is 0.327 e. The van der Waals surface area contributed by atoms with Crippen molar-refractivity contribution in [3.63, 3.8) is 0 Å². The van der Waals surface area contributed by atoms with Crippen LogP contribution in [0.25, 0.3) is 0 Å². The van der Waals surface area contributed by atoms with Crippen LogP contribution >= 0.6 is 0 Å². The van der Waals surface area contributed by atoms with Gasteiger partial charge in [-0.05, 0) is 44.2 Å². The van der Waals surface area contributed by atoms with Gasteiger partial charge >= 0.3 is 0 Å². The Kier molecular flexibility index (Phi) is 4.35. The molecule has 2 N–H and O–H groups in total. The van der Waals surface area contributed by atoms with Gasteiger partial charge in [0.15, 0.2) is 0 Å². The number of aryl methyl sites for hydroxylation is 1. The van der Waals surface area contributed by atoms with Crippen molar-refractivity contribution in [2.75, 3.05) is 5.75 Å². The van der Waals surface area contributed by atoms with Crippen LogP contribution in [0.2, 0.25) is 0 Å². The molecule has 0 aliphatic heterocycles. The standard InChI is InChI=1S/C14H21NOS/c1-11-5-7-13(8-6-11)17(16)10-9-12-3-2-4-14(12)15/h5-8,12,14H,2-4,9-10,15H2,1H3. The van der Waals surface area contributed by atoms with Crippen LogP contribution in [0, 0.1) is 12.8 Å². The first-order chi connectivity index (χ1) is 8.16. The van der Waals surface area contributed by atoms with Crippen molar-refractivity contribution in [2.45, 2.75) is 43.5 Å². The molecule has 0 amide bonds. The van der Waals surface area contributed by atoms with E-state index in [0.717, 1.165) is 23.5 Å². The normalized spacial score (nSPS) is 26.0. The molecule has 0 saturated heterocycles. The topological polar surface area (TPSA) is 43.1 Å². The Morgan fingerprint density at radius 3 is 2.59 bits per heavy atom. The Bertz CT molecular complexity index is 388. The third-order valence-electron chi connectivity index (χ3n) is 3.68. The van der Waals surface area contributed by atoms with Gasteiger partial charge in [0.2, 0.25) is 0 Å². The van der Waals surface area contributed by atoms with E-state index >= 15 is 0 Å². The summed E-state index contributed by atoms with van der Waals surface area (Å²) in [5.41, 5.74) is 7.24. The van der Waals surface area contributed by atoms with Crippen molar-refractivity contribution in [1.29, 1.82) is 0 Å². The highest BCUT2D eigenvalue weighted by Crippen LogP contribution is 2.27. The first kappa shape index (κ1) is 12.8. The molecule has 0 heterocycles. The van der Waals surface area contributed by atoms with E-state index in [1.165, 1.54) is 18.4 Å². The molecule has 1 fully saturated rings. The van der Waals surface area contributed by atoms with Gasteiger partial charge in [0.05, 0.1) is 10.8 Å². The van der Waals surface area contributed by atoms with Crippen LogP contribution in [-0.2, 0) is 10.8 Å². The molecular formula is C14H21NOS. The molecule has 2 rings (SSSR count). The molecule has 0 radical (unpaired) electrons. The molecule has 0 bridgehead atoms. The van der Waals surface area contributed by atoms with Crippen molar-refractivity contribution in [3.05, 3.63) is 29.8 Å². The van der Waals surface area contributed by atoms with E-state index in [1.54, 1.807) is 0 Å². The minimum absolute atomic E-state index is 0.338. The minimum Gasteiger partial charge on any atom is -0.327 e. The molecule has 1 aliphatic rings.